The number of hydrogen-bond donors (Lipinski definition) is 0. The fraction of sp³-hybridized carbons (Fsp3) is 0.526. The van der Waals surface area contributed by atoms with E-state index in [1.807, 2.05) is 23.1 Å². The average molecular weight is 338 g/mol. The summed E-state index contributed by atoms with van der Waals surface area (Å²) in [4.78, 5) is 14.8. The van der Waals surface area contributed by atoms with E-state index in [9.17, 15) is 4.79 Å². The van der Waals surface area contributed by atoms with Crippen LogP contribution in [0.3, 0.4) is 0 Å². The van der Waals surface area contributed by atoms with Crippen molar-refractivity contribution >= 4 is 5.91 Å². The molecule has 3 aliphatic heterocycles. The molecule has 5 rings (SSSR count). The number of carbonyl (C=O) groups is 1. The molecule has 1 saturated heterocycles. The molecule has 1 amide bonds. The number of aromatic nitrogens is 3. The van der Waals surface area contributed by atoms with Gasteiger partial charge in [-0.15, -0.1) is 10.2 Å². The van der Waals surface area contributed by atoms with Crippen LogP contribution in [0.25, 0.3) is 0 Å². The van der Waals surface area contributed by atoms with Crippen molar-refractivity contribution in [3.8, 4) is 0 Å². The van der Waals surface area contributed by atoms with Crippen LogP contribution in [0.5, 0.6) is 0 Å². The van der Waals surface area contributed by atoms with Crippen molar-refractivity contribution in [1.82, 2.24) is 19.7 Å². The molecule has 0 unspecified atom stereocenters. The summed E-state index contributed by atoms with van der Waals surface area (Å²) >= 11 is 0. The molecule has 0 aliphatic carbocycles. The van der Waals surface area contributed by atoms with Gasteiger partial charge in [0.15, 0.2) is 0 Å². The van der Waals surface area contributed by atoms with Gasteiger partial charge >= 0.3 is 0 Å². The number of fused-ring (bicyclic) bond motifs is 2. The molecule has 1 fully saturated rings. The Morgan fingerprint density at radius 1 is 1.08 bits per heavy atom. The lowest BCUT2D eigenvalue weighted by atomic mass is 9.95. The number of carbonyl (C=O) groups excluding carboxylic acids is 1. The first-order chi connectivity index (χ1) is 12.3. The number of benzene rings is 1. The minimum absolute atomic E-state index is 0.139. The number of hydrogen-bond acceptors (Lipinski definition) is 4. The minimum atomic E-state index is 0.139. The van der Waals surface area contributed by atoms with Gasteiger partial charge in [-0.25, -0.2) is 0 Å². The van der Waals surface area contributed by atoms with Gasteiger partial charge in [0, 0.05) is 37.5 Å². The number of rotatable bonds is 2. The molecular weight excluding hydrogens is 316 g/mol. The summed E-state index contributed by atoms with van der Waals surface area (Å²) in [6.45, 7) is 3.92. The van der Waals surface area contributed by atoms with Gasteiger partial charge in [-0.05, 0) is 42.5 Å². The highest BCUT2D eigenvalue weighted by atomic mass is 16.5. The van der Waals surface area contributed by atoms with Crippen molar-refractivity contribution in [1.29, 1.82) is 0 Å². The Bertz CT molecular complexity index is 821. The Kier molecular flexibility index (Phi) is 3.59. The molecule has 2 aromatic rings. The highest BCUT2D eigenvalue weighted by molar-refractivity contribution is 5.94. The fourth-order valence-electron chi connectivity index (χ4n) is 4.30. The van der Waals surface area contributed by atoms with Gasteiger partial charge in [0.25, 0.3) is 5.91 Å². The van der Waals surface area contributed by atoms with Crippen molar-refractivity contribution < 1.29 is 9.53 Å². The maximum atomic E-state index is 12.8. The number of nitrogens with zero attached hydrogens (tertiary/aromatic N) is 4. The smallest absolute Gasteiger partial charge is 0.253 e. The number of aryl methyl sites for hydroxylation is 1. The van der Waals surface area contributed by atoms with Crippen LogP contribution in [0, 0.1) is 0 Å². The van der Waals surface area contributed by atoms with E-state index in [1.165, 1.54) is 12.0 Å². The van der Waals surface area contributed by atoms with Crippen molar-refractivity contribution in [2.45, 2.75) is 51.4 Å². The molecule has 6 nitrogen and oxygen atoms in total. The first-order valence-corrected chi connectivity index (χ1v) is 9.20. The highest BCUT2D eigenvalue weighted by Crippen LogP contribution is 2.30. The number of ether oxygens (including phenoxy) is 1. The molecule has 0 bridgehead atoms. The second-order valence-electron chi connectivity index (χ2n) is 7.27. The molecular formula is C19H22N4O2. The van der Waals surface area contributed by atoms with Crippen LogP contribution in [0.15, 0.2) is 18.2 Å². The lowest BCUT2D eigenvalue weighted by Crippen LogP contribution is -2.38. The maximum absolute atomic E-state index is 12.8. The number of likely N-dealkylation sites (tertiary alicyclic amines) is 1. The van der Waals surface area contributed by atoms with Crippen LogP contribution >= 0.6 is 0 Å². The zero-order chi connectivity index (χ0) is 16.8. The van der Waals surface area contributed by atoms with Gasteiger partial charge < -0.3 is 14.2 Å². The third-order valence-corrected chi connectivity index (χ3v) is 5.75. The van der Waals surface area contributed by atoms with E-state index < -0.39 is 0 Å². The average Bonchev–Trinajstić information content (AvgIpc) is 3.37. The minimum Gasteiger partial charge on any atom is -0.372 e. The van der Waals surface area contributed by atoms with E-state index in [1.54, 1.807) is 0 Å². The number of amides is 1. The summed E-state index contributed by atoms with van der Waals surface area (Å²) in [5.74, 6) is 2.83. The molecule has 3 aliphatic rings. The lowest BCUT2D eigenvalue weighted by molar-refractivity contribution is 0.0710. The van der Waals surface area contributed by atoms with Gasteiger partial charge in [-0.2, -0.15) is 0 Å². The number of piperidine rings is 1. The van der Waals surface area contributed by atoms with E-state index in [2.05, 4.69) is 14.8 Å². The van der Waals surface area contributed by atoms with E-state index in [4.69, 9.17) is 4.74 Å². The Labute approximate surface area is 146 Å². The van der Waals surface area contributed by atoms with Crippen LogP contribution in [-0.4, -0.2) is 38.7 Å². The summed E-state index contributed by atoms with van der Waals surface area (Å²) in [7, 11) is 0. The van der Waals surface area contributed by atoms with Crippen molar-refractivity contribution in [2.24, 2.45) is 0 Å². The van der Waals surface area contributed by atoms with Gasteiger partial charge in [0.2, 0.25) is 0 Å². The third-order valence-electron chi connectivity index (χ3n) is 5.75. The first-order valence-electron chi connectivity index (χ1n) is 9.20. The van der Waals surface area contributed by atoms with E-state index in [0.29, 0.717) is 19.1 Å². The van der Waals surface area contributed by atoms with Gasteiger partial charge in [0.1, 0.15) is 11.6 Å². The van der Waals surface area contributed by atoms with Crippen LogP contribution < -0.4 is 0 Å². The molecule has 0 saturated carbocycles. The fourth-order valence-corrected chi connectivity index (χ4v) is 4.30. The second-order valence-corrected chi connectivity index (χ2v) is 7.27. The third kappa shape index (κ3) is 2.56. The maximum Gasteiger partial charge on any atom is 0.253 e. The summed E-state index contributed by atoms with van der Waals surface area (Å²) in [5.41, 5.74) is 3.14. The normalized spacial score (nSPS) is 19.9. The SMILES string of the molecule is O=C(c1ccc2c(c1)COC2)N1CCC(c2nnc3n2CCC3)CC1. The van der Waals surface area contributed by atoms with Gasteiger partial charge in [-0.3, -0.25) is 4.79 Å². The molecule has 0 N–H and O–H groups in total. The quantitative estimate of drug-likeness (QED) is 0.843. The van der Waals surface area contributed by atoms with Crippen molar-refractivity contribution in [3.63, 3.8) is 0 Å². The van der Waals surface area contributed by atoms with Gasteiger partial charge in [0.05, 0.1) is 13.2 Å². The molecule has 4 heterocycles. The standard InChI is InChI=1S/C19H22N4O2/c24-19(14-3-4-15-11-25-12-16(15)10-14)22-8-5-13(6-9-22)18-21-20-17-2-1-7-23(17)18/h3-4,10,13H,1-2,5-9,11-12H2. The molecule has 130 valence electrons. The molecule has 1 aromatic heterocycles. The molecule has 0 atom stereocenters. The molecule has 25 heavy (non-hydrogen) atoms. The Morgan fingerprint density at radius 2 is 1.92 bits per heavy atom. The Balaban J connectivity index is 1.27. The first kappa shape index (κ1) is 15.1. The second kappa shape index (κ2) is 5.95. The van der Waals surface area contributed by atoms with Crippen molar-refractivity contribution in [2.75, 3.05) is 13.1 Å². The predicted octanol–water partition coefficient (Wildman–Crippen LogP) is 2.27. The molecule has 1 aromatic carbocycles. The zero-order valence-electron chi connectivity index (χ0n) is 14.3. The predicted molar refractivity (Wildman–Crippen MR) is 91.2 cm³/mol. The van der Waals surface area contributed by atoms with Gasteiger partial charge in [-0.1, -0.05) is 6.07 Å². The van der Waals surface area contributed by atoms with Crippen LogP contribution in [0.2, 0.25) is 0 Å². The van der Waals surface area contributed by atoms with Crippen LogP contribution in [0.4, 0.5) is 0 Å². The largest absolute Gasteiger partial charge is 0.372 e. The van der Waals surface area contributed by atoms with Crippen molar-refractivity contribution in [3.05, 3.63) is 46.5 Å². The van der Waals surface area contributed by atoms with Crippen LogP contribution in [0.1, 0.15) is 58.3 Å². The monoisotopic (exact) mass is 338 g/mol. The van der Waals surface area contributed by atoms with E-state index in [0.717, 1.165) is 61.7 Å². The molecule has 0 spiro atoms. The van der Waals surface area contributed by atoms with Crippen LogP contribution in [-0.2, 0) is 30.9 Å². The lowest BCUT2D eigenvalue weighted by Gasteiger charge is -2.31. The summed E-state index contributed by atoms with van der Waals surface area (Å²) in [6, 6.07) is 5.97. The topological polar surface area (TPSA) is 60.2 Å². The zero-order valence-corrected chi connectivity index (χ0v) is 14.3. The summed E-state index contributed by atoms with van der Waals surface area (Å²) in [6.07, 6.45) is 4.17. The summed E-state index contributed by atoms with van der Waals surface area (Å²) < 4.78 is 7.74. The molecule has 6 heteroatoms. The Hall–Kier alpha value is -2.21. The van der Waals surface area contributed by atoms with E-state index >= 15 is 0 Å². The molecule has 0 radical (unpaired) electrons. The Morgan fingerprint density at radius 3 is 2.80 bits per heavy atom. The summed E-state index contributed by atoms with van der Waals surface area (Å²) in [5, 5.41) is 8.75. The highest BCUT2D eigenvalue weighted by Gasteiger charge is 2.30. The van der Waals surface area contributed by atoms with E-state index in [-0.39, 0.29) is 5.91 Å².